The van der Waals surface area contributed by atoms with Crippen LogP contribution in [0.2, 0.25) is 0 Å². The van der Waals surface area contributed by atoms with Crippen LogP contribution < -0.4 is 0 Å². The average molecular weight is 138 g/mol. The first-order valence-electron chi connectivity index (χ1n) is 3.47. The number of hydrogen-bond acceptors (Lipinski definition) is 2. The highest BCUT2D eigenvalue weighted by Crippen LogP contribution is 2.33. The smallest absolute Gasteiger partial charge is 0.135 e. The summed E-state index contributed by atoms with van der Waals surface area (Å²) in [7, 11) is 0. The monoisotopic (exact) mass is 138 g/mol. The van der Waals surface area contributed by atoms with Gasteiger partial charge in [0.25, 0.3) is 0 Å². The van der Waals surface area contributed by atoms with Crippen molar-refractivity contribution in [3.8, 4) is 0 Å². The zero-order valence-corrected chi connectivity index (χ0v) is 6.13. The minimum Gasteiger partial charge on any atom is -0.224 e. The first kappa shape index (κ1) is 6.13. The van der Waals surface area contributed by atoms with E-state index in [0.29, 0.717) is 0 Å². The Morgan fingerprint density at radius 3 is 1.90 bits per heavy atom. The molecule has 1 fully saturated rings. The van der Waals surface area contributed by atoms with E-state index >= 15 is 0 Å². The first-order valence-corrected chi connectivity index (χ1v) is 3.47. The van der Waals surface area contributed by atoms with Crippen LogP contribution in [-0.4, -0.2) is 12.2 Å². The third kappa shape index (κ3) is 0.662. The van der Waals surface area contributed by atoms with Crippen molar-refractivity contribution in [1.29, 1.82) is 0 Å². The highest BCUT2D eigenvalue weighted by atomic mass is 17.2. The largest absolute Gasteiger partial charge is 0.224 e. The molecule has 0 radical (unpaired) electrons. The summed E-state index contributed by atoms with van der Waals surface area (Å²) in [5.74, 6) is 0. The lowest BCUT2D eigenvalue weighted by Gasteiger charge is -1.99. The van der Waals surface area contributed by atoms with Gasteiger partial charge in [0, 0.05) is 0 Å². The fourth-order valence-electron chi connectivity index (χ4n) is 1.43. The molecule has 0 aromatic carbocycles. The normalized spacial score (nSPS) is 35.6. The van der Waals surface area contributed by atoms with E-state index in [2.05, 4.69) is 13.8 Å². The predicted molar refractivity (Wildman–Crippen MR) is 37.3 cm³/mol. The van der Waals surface area contributed by atoms with Gasteiger partial charge in [-0.05, 0) is 31.6 Å². The molecule has 2 nitrogen and oxygen atoms in total. The summed E-state index contributed by atoms with van der Waals surface area (Å²) in [6, 6.07) is 0. The van der Waals surface area contributed by atoms with Gasteiger partial charge in [0.2, 0.25) is 0 Å². The molecular formula is C8H10O2. The molecule has 2 aliphatic rings. The van der Waals surface area contributed by atoms with Gasteiger partial charge < -0.3 is 0 Å². The molecule has 1 aliphatic carbocycles. The van der Waals surface area contributed by atoms with E-state index in [1.165, 1.54) is 11.1 Å². The topological polar surface area (TPSA) is 18.5 Å². The van der Waals surface area contributed by atoms with Crippen molar-refractivity contribution in [1.82, 2.24) is 0 Å². The Bertz CT molecular complexity index is 195. The molecular weight excluding hydrogens is 128 g/mol. The molecule has 1 aliphatic heterocycles. The second kappa shape index (κ2) is 1.94. The Hall–Kier alpha value is -0.600. The van der Waals surface area contributed by atoms with E-state index in [9.17, 15) is 0 Å². The number of hydrogen-bond donors (Lipinski definition) is 0. The SMILES string of the molecule is CC(C)=C1C2C=CC1OO2. The molecule has 2 atom stereocenters. The molecule has 0 N–H and O–H groups in total. The summed E-state index contributed by atoms with van der Waals surface area (Å²) in [4.78, 5) is 9.96. The molecule has 2 bridgehead atoms. The molecule has 0 aromatic heterocycles. The molecule has 0 saturated carbocycles. The quantitative estimate of drug-likeness (QED) is 0.374. The van der Waals surface area contributed by atoms with Crippen LogP contribution in [0.3, 0.4) is 0 Å². The van der Waals surface area contributed by atoms with E-state index < -0.39 is 0 Å². The van der Waals surface area contributed by atoms with Gasteiger partial charge in [-0.25, -0.2) is 9.78 Å². The summed E-state index contributed by atoms with van der Waals surface area (Å²) in [6.45, 7) is 4.17. The van der Waals surface area contributed by atoms with E-state index in [0.717, 1.165) is 0 Å². The van der Waals surface area contributed by atoms with Crippen molar-refractivity contribution < 1.29 is 9.78 Å². The van der Waals surface area contributed by atoms with Gasteiger partial charge in [-0.3, -0.25) is 0 Å². The second-order valence-corrected chi connectivity index (χ2v) is 2.87. The summed E-state index contributed by atoms with van der Waals surface area (Å²) in [5.41, 5.74) is 2.58. The van der Waals surface area contributed by atoms with Crippen LogP contribution in [0, 0.1) is 0 Å². The van der Waals surface area contributed by atoms with Gasteiger partial charge in [0.1, 0.15) is 12.2 Å². The van der Waals surface area contributed by atoms with Crippen molar-refractivity contribution >= 4 is 0 Å². The van der Waals surface area contributed by atoms with Crippen molar-refractivity contribution in [2.75, 3.05) is 0 Å². The molecule has 2 heteroatoms. The molecule has 1 heterocycles. The fraction of sp³-hybridized carbons (Fsp3) is 0.500. The molecule has 10 heavy (non-hydrogen) atoms. The van der Waals surface area contributed by atoms with Gasteiger partial charge in [-0.1, -0.05) is 5.57 Å². The molecule has 54 valence electrons. The minimum absolute atomic E-state index is 0.106. The third-order valence-electron chi connectivity index (χ3n) is 1.91. The van der Waals surface area contributed by atoms with Gasteiger partial charge >= 0.3 is 0 Å². The highest BCUT2D eigenvalue weighted by Gasteiger charge is 2.35. The standard InChI is InChI=1S/C8H10O2/c1-5(2)8-6-3-4-7(8)10-9-6/h3-4,6-7H,1-2H3. The average Bonchev–Trinajstić information content (AvgIpc) is 2.43. The summed E-state index contributed by atoms with van der Waals surface area (Å²) in [6.07, 6.45) is 4.29. The Morgan fingerprint density at radius 2 is 1.70 bits per heavy atom. The van der Waals surface area contributed by atoms with Crippen LogP contribution in [-0.2, 0) is 9.78 Å². The van der Waals surface area contributed by atoms with Crippen LogP contribution in [0.25, 0.3) is 0 Å². The Labute approximate surface area is 60.1 Å². The molecule has 0 spiro atoms. The van der Waals surface area contributed by atoms with Crippen LogP contribution in [0.15, 0.2) is 23.3 Å². The van der Waals surface area contributed by atoms with Crippen LogP contribution in [0.5, 0.6) is 0 Å². The Kier molecular flexibility index (Phi) is 1.19. The molecule has 2 unspecified atom stereocenters. The maximum Gasteiger partial charge on any atom is 0.135 e. The van der Waals surface area contributed by atoms with Gasteiger partial charge in [-0.15, -0.1) is 0 Å². The first-order chi connectivity index (χ1) is 4.79. The molecule has 1 saturated heterocycles. The Balaban J connectivity index is 2.39. The summed E-state index contributed by atoms with van der Waals surface area (Å²) >= 11 is 0. The summed E-state index contributed by atoms with van der Waals surface area (Å²) < 4.78 is 0. The fourth-order valence-corrected chi connectivity index (χ4v) is 1.43. The molecule has 2 rings (SSSR count). The summed E-state index contributed by atoms with van der Waals surface area (Å²) in [5, 5.41) is 0. The lowest BCUT2D eigenvalue weighted by Crippen LogP contribution is -2.02. The van der Waals surface area contributed by atoms with Gasteiger partial charge in [0.05, 0.1) is 0 Å². The van der Waals surface area contributed by atoms with E-state index in [4.69, 9.17) is 9.78 Å². The molecule has 0 aromatic rings. The highest BCUT2D eigenvalue weighted by molar-refractivity contribution is 5.36. The Morgan fingerprint density at radius 1 is 1.20 bits per heavy atom. The predicted octanol–water partition coefficient (Wildman–Crippen LogP) is 1.59. The van der Waals surface area contributed by atoms with Crippen molar-refractivity contribution in [3.63, 3.8) is 0 Å². The second-order valence-electron chi connectivity index (χ2n) is 2.87. The maximum absolute atomic E-state index is 4.98. The number of fused-ring (bicyclic) bond motifs is 2. The van der Waals surface area contributed by atoms with E-state index in [-0.39, 0.29) is 12.2 Å². The van der Waals surface area contributed by atoms with Crippen LogP contribution in [0.4, 0.5) is 0 Å². The number of allylic oxidation sites excluding steroid dienone is 1. The van der Waals surface area contributed by atoms with Crippen molar-refractivity contribution in [2.45, 2.75) is 26.1 Å². The van der Waals surface area contributed by atoms with Crippen LogP contribution in [0.1, 0.15) is 13.8 Å². The van der Waals surface area contributed by atoms with Crippen molar-refractivity contribution in [3.05, 3.63) is 23.3 Å². The van der Waals surface area contributed by atoms with Crippen LogP contribution >= 0.6 is 0 Å². The molecule has 0 amide bonds. The zero-order valence-electron chi connectivity index (χ0n) is 6.13. The lowest BCUT2D eigenvalue weighted by atomic mass is 10.1. The van der Waals surface area contributed by atoms with E-state index in [1.807, 2.05) is 12.2 Å². The zero-order chi connectivity index (χ0) is 7.14. The van der Waals surface area contributed by atoms with E-state index in [1.54, 1.807) is 0 Å². The maximum atomic E-state index is 4.98. The number of rotatable bonds is 0. The van der Waals surface area contributed by atoms with Crippen molar-refractivity contribution in [2.24, 2.45) is 0 Å². The third-order valence-corrected chi connectivity index (χ3v) is 1.91. The lowest BCUT2D eigenvalue weighted by molar-refractivity contribution is -0.286. The minimum atomic E-state index is 0.106. The van der Waals surface area contributed by atoms with Gasteiger partial charge in [-0.2, -0.15) is 0 Å². The van der Waals surface area contributed by atoms with Gasteiger partial charge in [0.15, 0.2) is 0 Å².